The average Bonchev–Trinajstić information content (AvgIpc) is 2.60. The van der Waals surface area contributed by atoms with Crippen molar-refractivity contribution in [2.45, 2.75) is 19.4 Å². The van der Waals surface area contributed by atoms with Crippen LogP contribution in [0.25, 0.3) is 11.2 Å². The molecule has 0 spiro atoms. The quantitative estimate of drug-likeness (QED) is 0.886. The van der Waals surface area contributed by atoms with Gasteiger partial charge in [0.1, 0.15) is 5.52 Å². The number of carbonyl (C=O) groups is 1. The number of nitrogens with zero attached hydrogens (tertiary/aromatic N) is 3. The fourth-order valence-corrected chi connectivity index (χ4v) is 1.64. The van der Waals surface area contributed by atoms with Crippen molar-refractivity contribution >= 4 is 28.7 Å². The highest BCUT2D eigenvalue weighted by atomic mass is 35.5. The summed E-state index contributed by atoms with van der Waals surface area (Å²) in [5.41, 5.74) is 1.46. The first kappa shape index (κ1) is 10.9. The Labute approximate surface area is 96.7 Å². The van der Waals surface area contributed by atoms with Crippen molar-refractivity contribution in [3.63, 3.8) is 0 Å². The lowest BCUT2D eigenvalue weighted by molar-refractivity contribution is -0.137. The number of aliphatic carboxylic acids is 1. The van der Waals surface area contributed by atoms with E-state index in [1.807, 2.05) is 4.57 Å². The molecular formula is C10H10ClN3O2. The van der Waals surface area contributed by atoms with Crippen LogP contribution in [0.15, 0.2) is 18.6 Å². The molecule has 0 unspecified atom stereocenters. The van der Waals surface area contributed by atoms with Crippen molar-refractivity contribution < 1.29 is 9.90 Å². The predicted molar refractivity (Wildman–Crippen MR) is 59.4 cm³/mol. The zero-order chi connectivity index (χ0) is 11.5. The molecule has 0 atom stereocenters. The topological polar surface area (TPSA) is 68.0 Å². The van der Waals surface area contributed by atoms with Crippen LogP contribution < -0.4 is 0 Å². The van der Waals surface area contributed by atoms with Gasteiger partial charge in [-0.05, 0) is 12.5 Å². The Balaban J connectivity index is 2.15. The Bertz CT molecular complexity index is 524. The van der Waals surface area contributed by atoms with E-state index in [0.29, 0.717) is 18.0 Å². The van der Waals surface area contributed by atoms with Gasteiger partial charge in [0.2, 0.25) is 0 Å². The highest BCUT2D eigenvalue weighted by molar-refractivity contribution is 6.30. The van der Waals surface area contributed by atoms with Gasteiger partial charge in [-0.1, -0.05) is 11.6 Å². The molecule has 84 valence electrons. The van der Waals surface area contributed by atoms with E-state index in [9.17, 15) is 4.79 Å². The maximum atomic E-state index is 10.4. The lowest BCUT2D eigenvalue weighted by Crippen LogP contribution is -2.01. The van der Waals surface area contributed by atoms with Crippen LogP contribution >= 0.6 is 11.6 Å². The molecule has 0 radical (unpaired) electrons. The van der Waals surface area contributed by atoms with Gasteiger partial charge < -0.3 is 9.67 Å². The third-order valence-electron chi connectivity index (χ3n) is 2.21. The first-order valence-electron chi connectivity index (χ1n) is 4.85. The summed E-state index contributed by atoms with van der Waals surface area (Å²) >= 11 is 5.78. The maximum absolute atomic E-state index is 10.4. The first-order chi connectivity index (χ1) is 7.66. The number of aromatic nitrogens is 3. The van der Waals surface area contributed by atoms with Crippen molar-refractivity contribution in [1.82, 2.24) is 14.5 Å². The van der Waals surface area contributed by atoms with Gasteiger partial charge in [0.15, 0.2) is 5.65 Å². The van der Waals surface area contributed by atoms with E-state index in [1.165, 1.54) is 0 Å². The summed E-state index contributed by atoms with van der Waals surface area (Å²) in [6, 6.07) is 1.73. The maximum Gasteiger partial charge on any atom is 0.303 e. The smallest absolute Gasteiger partial charge is 0.303 e. The van der Waals surface area contributed by atoms with Crippen molar-refractivity contribution in [2.24, 2.45) is 0 Å². The number of imidazole rings is 1. The zero-order valence-corrected chi connectivity index (χ0v) is 9.18. The molecule has 1 N–H and O–H groups in total. The number of halogens is 1. The first-order valence-corrected chi connectivity index (χ1v) is 5.23. The van der Waals surface area contributed by atoms with Crippen molar-refractivity contribution in [3.05, 3.63) is 23.6 Å². The molecule has 2 heterocycles. The van der Waals surface area contributed by atoms with Crippen LogP contribution in [0.4, 0.5) is 0 Å². The summed E-state index contributed by atoms with van der Waals surface area (Å²) in [6.45, 7) is 0.595. The third-order valence-corrected chi connectivity index (χ3v) is 2.42. The van der Waals surface area contributed by atoms with Crippen LogP contribution in [0, 0.1) is 0 Å². The highest BCUT2D eigenvalue weighted by Gasteiger charge is 2.05. The molecule has 0 aliphatic heterocycles. The number of hydrogen-bond donors (Lipinski definition) is 1. The van der Waals surface area contributed by atoms with Gasteiger partial charge in [0.25, 0.3) is 0 Å². The molecule has 0 aromatic carbocycles. The van der Waals surface area contributed by atoms with Gasteiger partial charge >= 0.3 is 5.97 Å². The molecule has 0 amide bonds. The van der Waals surface area contributed by atoms with Crippen LogP contribution in [0.1, 0.15) is 12.8 Å². The fourth-order valence-electron chi connectivity index (χ4n) is 1.49. The molecule has 2 rings (SSSR count). The van der Waals surface area contributed by atoms with E-state index in [1.54, 1.807) is 18.6 Å². The van der Waals surface area contributed by atoms with Gasteiger partial charge in [-0.25, -0.2) is 9.97 Å². The summed E-state index contributed by atoms with van der Waals surface area (Å²) in [5.74, 6) is -0.791. The SMILES string of the molecule is O=C(O)CCCn1cnc2cc(Cl)cnc21. The Hall–Kier alpha value is -1.62. The van der Waals surface area contributed by atoms with Crippen LogP contribution in [0.3, 0.4) is 0 Å². The van der Waals surface area contributed by atoms with E-state index >= 15 is 0 Å². The summed E-state index contributed by atoms with van der Waals surface area (Å²) in [5, 5.41) is 9.08. The number of rotatable bonds is 4. The van der Waals surface area contributed by atoms with Crippen LogP contribution in [0.2, 0.25) is 5.02 Å². The number of pyridine rings is 1. The zero-order valence-electron chi connectivity index (χ0n) is 8.43. The van der Waals surface area contributed by atoms with E-state index < -0.39 is 5.97 Å². The second-order valence-corrected chi connectivity index (χ2v) is 3.87. The molecule has 0 bridgehead atoms. The standard InChI is InChI=1S/C10H10ClN3O2/c11-7-4-8-10(12-5-7)14(6-13-8)3-1-2-9(15)16/h4-6H,1-3H2,(H,15,16). The highest BCUT2D eigenvalue weighted by Crippen LogP contribution is 2.15. The molecular weight excluding hydrogens is 230 g/mol. The molecule has 2 aromatic rings. The van der Waals surface area contributed by atoms with Gasteiger partial charge in [-0.3, -0.25) is 4.79 Å². The van der Waals surface area contributed by atoms with Crippen LogP contribution in [-0.4, -0.2) is 25.6 Å². The molecule has 2 aromatic heterocycles. The van der Waals surface area contributed by atoms with Crippen LogP contribution in [-0.2, 0) is 11.3 Å². The van der Waals surface area contributed by atoms with E-state index in [0.717, 1.165) is 11.2 Å². The number of carboxylic acids is 1. The minimum atomic E-state index is -0.791. The predicted octanol–water partition coefficient (Wildman–Crippen LogP) is 1.95. The Morgan fingerprint density at radius 3 is 3.06 bits per heavy atom. The number of aryl methyl sites for hydroxylation is 1. The minimum Gasteiger partial charge on any atom is -0.481 e. The molecule has 6 heteroatoms. The van der Waals surface area contributed by atoms with Crippen LogP contribution in [0.5, 0.6) is 0 Å². The lowest BCUT2D eigenvalue weighted by Gasteiger charge is -2.01. The summed E-state index contributed by atoms with van der Waals surface area (Å²) in [4.78, 5) is 18.7. The third kappa shape index (κ3) is 2.30. The minimum absolute atomic E-state index is 0.146. The second kappa shape index (κ2) is 4.49. The molecule has 16 heavy (non-hydrogen) atoms. The van der Waals surface area contributed by atoms with Crippen molar-refractivity contribution in [2.75, 3.05) is 0 Å². The Morgan fingerprint density at radius 2 is 2.31 bits per heavy atom. The fraction of sp³-hybridized carbons (Fsp3) is 0.300. The van der Waals surface area contributed by atoms with Crippen molar-refractivity contribution in [1.29, 1.82) is 0 Å². The molecule has 0 saturated carbocycles. The Kier molecular flexibility index (Phi) is 3.05. The summed E-state index contributed by atoms with van der Waals surface area (Å²) in [7, 11) is 0. The molecule has 5 nitrogen and oxygen atoms in total. The number of carboxylic acid groups (broad SMARTS) is 1. The summed E-state index contributed by atoms with van der Waals surface area (Å²) in [6.07, 6.45) is 3.91. The van der Waals surface area contributed by atoms with Gasteiger partial charge in [-0.2, -0.15) is 0 Å². The second-order valence-electron chi connectivity index (χ2n) is 3.43. The molecule has 0 saturated heterocycles. The van der Waals surface area contributed by atoms with Gasteiger partial charge in [0.05, 0.1) is 11.3 Å². The van der Waals surface area contributed by atoms with E-state index in [-0.39, 0.29) is 6.42 Å². The van der Waals surface area contributed by atoms with E-state index in [2.05, 4.69) is 9.97 Å². The molecule has 0 fully saturated rings. The van der Waals surface area contributed by atoms with E-state index in [4.69, 9.17) is 16.7 Å². The Morgan fingerprint density at radius 1 is 1.50 bits per heavy atom. The number of hydrogen-bond acceptors (Lipinski definition) is 3. The monoisotopic (exact) mass is 239 g/mol. The molecule has 0 aliphatic carbocycles. The average molecular weight is 240 g/mol. The largest absolute Gasteiger partial charge is 0.481 e. The summed E-state index contributed by atoms with van der Waals surface area (Å²) < 4.78 is 1.83. The normalized spacial score (nSPS) is 10.8. The number of fused-ring (bicyclic) bond motifs is 1. The molecule has 0 aliphatic rings. The lowest BCUT2D eigenvalue weighted by atomic mass is 10.3. The van der Waals surface area contributed by atoms with Crippen molar-refractivity contribution in [3.8, 4) is 0 Å². The van der Waals surface area contributed by atoms with Gasteiger partial charge in [-0.15, -0.1) is 0 Å². The van der Waals surface area contributed by atoms with Gasteiger partial charge in [0, 0.05) is 19.2 Å².